The van der Waals surface area contributed by atoms with E-state index in [1.54, 1.807) is 0 Å². The number of ether oxygens (including phenoxy) is 2. The first-order chi connectivity index (χ1) is 7.31. The molecule has 1 saturated carbocycles. The van der Waals surface area contributed by atoms with Crippen LogP contribution in [0.1, 0.15) is 12.8 Å². The van der Waals surface area contributed by atoms with Crippen molar-refractivity contribution >= 4 is 5.97 Å². The number of benzene rings is 1. The lowest BCUT2D eigenvalue weighted by Gasteiger charge is -2.15. The third-order valence-corrected chi connectivity index (χ3v) is 2.49. The number of esters is 1. The molecule has 1 aromatic carbocycles. The van der Waals surface area contributed by atoms with E-state index in [4.69, 9.17) is 9.47 Å². The molecule has 1 unspecified atom stereocenters. The number of methoxy groups -OCH3 is 1. The molecule has 1 aromatic rings. The summed E-state index contributed by atoms with van der Waals surface area (Å²) in [4.78, 5) is 11.5. The second kappa shape index (κ2) is 4.34. The minimum absolute atomic E-state index is 0.277. The Morgan fingerprint density at radius 2 is 2.00 bits per heavy atom. The van der Waals surface area contributed by atoms with Crippen molar-refractivity contribution in [3.63, 3.8) is 0 Å². The van der Waals surface area contributed by atoms with E-state index in [1.165, 1.54) is 7.11 Å². The van der Waals surface area contributed by atoms with Crippen LogP contribution in [0, 0.1) is 5.92 Å². The van der Waals surface area contributed by atoms with E-state index in [1.807, 2.05) is 30.3 Å². The smallest absolute Gasteiger partial charge is 0.347 e. The van der Waals surface area contributed by atoms with Crippen molar-refractivity contribution < 1.29 is 14.3 Å². The van der Waals surface area contributed by atoms with Crippen LogP contribution in [-0.2, 0) is 9.53 Å². The molecule has 3 heteroatoms. The summed E-state index contributed by atoms with van der Waals surface area (Å²) in [5.41, 5.74) is 0. The van der Waals surface area contributed by atoms with E-state index in [0.717, 1.165) is 18.6 Å². The first-order valence-electron chi connectivity index (χ1n) is 5.11. The fourth-order valence-corrected chi connectivity index (χ4v) is 1.50. The van der Waals surface area contributed by atoms with Crippen molar-refractivity contribution in [1.29, 1.82) is 0 Å². The molecule has 3 nitrogen and oxygen atoms in total. The van der Waals surface area contributed by atoms with Gasteiger partial charge >= 0.3 is 5.97 Å². The molecule has 0 bridgehead atoms. The molecular weight excluding hydrogens is 192 g/mol. The number of rotatable bonds is 4. The SMILES string of the molecule is COC(=O)C(Oc1ccccc1)C1CC1. The molecule has 15 heavy (non-hydrogen) atoms. The Balaban J connectivity index is 2.04. The quantitative estimate of drug-likeness (QED) is 0.707. The number of hydrogen-bond donors (Lipinski definition) is 0. The molecule has 1 aliphatic carbocycles. The van der Waals surface area contributed by atoms with Gasteiger partial charge in [0.25, 0.3) is 0 Å². The second-order valence-corrected chi connectivity index (χ2v) is 3.71. The molecule has 1 atom stereocenters. The average Bonchev–Trinajstić information content (AvgIpc) is 3.10. The summed E-state index contributed by atoms with van der Waals surface area (Å²) in [7, 11) is 1.39. The Morgan fingerprint density at radius 1 is 1.33 bits per heavy atom. The minimum atomic E-state index is -0.433. The first kappa shape index (κ1) is 10.0. The third kappa shape index (κ3) is 2.49. The number of carbonyl (C=O) groups excluding carboxylic acids is 1. The molecule has 2 rings (SSSR count). The molecule has 0 heterocycles. The van der Waals surface area contributed by atoms with Crippen LogP contribution in [0.5, 0.6) is 5.75 Å². The summed E-state index contributed by atoms with van der Waals surface area (Å²) in [6, 6.07) is 9.38. The van der Waals surface area contributed by atoms with Crippen molar-refractivity contribution in [2.45, 2.75) is 18.9 Å². The summed E-state index contributed by atoms with van der Waals surface area (Å²) >= 11 is 0. The van der Waals surface area contributed by atoms with Crippen molar-refractivity contribution in [1.82, 2.24) is 0 Å². The molecule has 0 saturated heterocycles. The van der Waals surface area contributed by atoms with E-state index in [-0.39, 0.29) is 5.97 Å². The maximum atomic E-state index is 11.5. The Kier molecular flexibility index (Phi) is 2.90. The molecule has 0 radical (unpaired) electrons. The minimum Gasteiger partial charge on any atom is -0.478 e. The lowest BCUT2D eigenvalue weighted by atomic mass is 10.2. The Bertz CT molecular complexity index is 330. The number of carbonyl (C=O) groups is 1. The lowest BCUT2D eigenvalue weighted by molar-refractivity contribution is -0.149. The predicted octanol–water partition coefficient (Wildman–Crippen LogP) is 2.02. The highest BCUT2D eigenvalue weighted by Gasteiger charge is 2.38. The lowest BCUT2D eigenvalue weighted by Crippen LogP contribution is -2.30. The zero-order chi connectivity index (χ0) is 10.7. The second-order valence-electron chi connectivity index (χ2n) is 3.71. The molecule has 0 spiro atoms. The highest BCUT2D eigenvalue weighted by atomic mass is 16.6. The van der Waals surface area contributed by atoms with Crippen molar-refractivity contribution in [2.75, 3.05) is 7.11 Å². The van der Waals surface area contributed by atoms with Crippen LogP contribution in [-0.4, -0.2) is 19.2 Å². The fraction of sp³-hybridized carbons (Fsp3) is 0.417. The van der Waals surface area contributed by atoms with Gasteiger partial charge in [-0.25, -0.2) is 4.79 Å². The van der Waals surface area contributed by atoms with E-state index in [0.29, 0.717) is 5.92 Å². The van der Waals surface area contributed by atoms with Gasteiger partial charge in [0.15, 0.2) is 6.10 Å². The molecule has 0 N–H and O–H groups in total. The molecule has 0 aromatic heterocycles. The topological polar surface area (TPSA) is 35.5 Å². The van der Waals surface area contributed by atoms with Crippen LogP contribution >= 0.6 is 0 Å². The summed E-state index contributed by atoms with van der Waals surface area (Å²) < 4.78 is 10.3. The molecule has 1 fully saturated rings. The van der Waals surface area contributed by atoms with Gasteiger partial charge in [0.2, 0.25) is 0 Å². The number of para-hydroxylation sites is 1. The van der Waals surface area contributed by atoms with Crippen LogP contribution in [0.25, 0.3) is 0 Å². The molecular formula is C12H14O3. The Labute approximate surface area is 89.0 Å². The highest BCUT2D eigenvalue weighted by molar-refractivity contribution is 5.75. The van der Waals surface area contributed by atoms with Crippen LogP contribution in [0.2, 0.25) is 0 Å². The zero-order valence-electron chi connectivity index (χ0n) is 8.68. The average molecular weight is 206 g/mol. The first-order valence-corrected chi connectivity index (χ1v) is 5.11. The molecule has 0 aliphatic heterocycles. The summed E-state index contributed by atoms with van der Waals surface area (Å²) in [6.07, 6.45) is 1.66. The van der Waals surface area contributed by atoms with Crippen LogP contribution in [0.15, 0.2) is 30.3 Å². The van der Waals surface area contributed by atoms with Crippen LogP contribution in [0.3, 0.4) is 0 Å². The largest absolute Gasteiger partial charge is 0.478 e. The molecule has 80 valence electrons. The standard InChI is InChI=1S/C12H14O3/c1-14-12(13)11(9-7-8-9)15-10-5-3-2-4-6-10/h2-6,9,11H,7-8H2,1H3. The van der Waals surface area contributed by atoms with Crippen molar-refractivity contribution in [3.05, 3.63) is 30.3 Å². The number of hydrogen-bond acceptors (Lipinski definition) is 3. The Hall–Kier alpha value is -1.51. The summed E-state index contributed by atoms with van der Waals surface area (Å²) in [5.74, 6) is 0.777. The normalized spacial score (nSPS) is 16.9. The van der Waals surface area contributed by atoms with E-state index < -0.39 is 6.10 Å². The summed E-state index contributed by atoms with van der Waals surface area (Å²) in [5, 5.41) is 0. The van der Waals surface area contributed by atoms with Crippen LogP contribution in [0.4, 0.5) is 0 Å². The zero-order valence-corrected chi connectivity index (χ0v) is 8.68. The monoisotopic (exact) mass is 206 g/mol. The summed E-state index contributed by atoms with van der Waals surface area (Å²) in [6.45, 7) is 0. The third-order valence-electron chi connectivity index (χ3n) is 2.49. The van der Waals surface area contributed by atoms with Gasteiger partial charge in [0, 0.05) is 5.92 Å². The van der Waals surface area contributed by atoms with Crippen molar-refractivity contribution in [2.24, 2.45) is 5.92 Å². The fourth-order valence-electron chi connectivity index (χ4n) is 1.50. The van der Waals surface area contributed by atoms with Gasteiger partial charge in [0.1, 0.15) is 5.75 Å². The van der Waals surface area contributed by atoms with Gasteiger partial charge in [-0.1, -0.05) is 18.2 Å². The van der Waals surface area contributed by atoms with Gasteiger partial charge in [-0.2, -0.15) is 0 Å². The van der Waals surface area contributed by atoms with Gasteiger partial charge in [-0.15, -0.1) is 0 Å². The van der Waals surface area contributed by atoms with Gasteiger partial charge in [0.05, 0.1) is 7.11 Å². The highest BCUT2D eigenvalue weighted by Crippen LogP contribution is 2.35. The van der Waals surface area contributed by atoms with Crippen molar-refractivity contribution in [3.8, 4) is 5.75 Å². The van der Waals surface area contributed by atoms with Gasteiger partial charge < -0.3 is 9.47 Å². The molecule has 1 aliphatic rings. The van der Waals surface area contributed by atoms with Gasteiger partial charge in [-0.05, 0) is 25.0 Å². The maximum Gasteiger partial charge on any atom is 0.347 e. The van der Waals surface area contributed by atoms with Crippen LogP contribution < -0.4 is 4.74 Å². The Morgan fingerprint density at radius 3 is 2.53 bits per heavy atom. The molecule has 0 amide bonds. The maximum absolute atomic E-state index is 11.5. The van der Waals surface area contributed by atoms with Gasteiger partial charge in [-0.3, -0.25) is 0 Å². The van der Waals surface area contributed by atoms with E-state index in [2.05, 4.69) is 0 Å². The predicted molar refractivity (Wildman–Crippen MR) is 55.6 cm³/mol. The van der Waals surface area contributed by atoms with E-state index in [9.17, 15) is 4.79 Å². The van der Waals surface area contributed by atoms with E-state index >= 15 is 0 Å².